The molecule has 0 saturated carbocycles. The van der Waals surface area contributed by atoms with Crippen LogP contribution in [-0.4, -0.2) is 6.98 Å². The minimum Gasteiger partial charge on any atom is -0.449 e. The van der Waals surface area contributed by atoms with E-state index >= 15 is 0 Å². The average Bonchev–Trinajstić information content (AvgIpc) is 2.04. The second-order valence-electron chi connectivity index (χ2n) is 3.21. The van der Waals surface area contributed by atoms with Gasteiger partial charge in [0.15, 0.2) is 0 Å². The molecule has 0 bridgehead atoms. The summed E-state index contributed by atoms with van der Waals surface area (Å²) in [6.07, 6.45) is -6.30. The van der Waals surface area contributed by atoms with E-state index in [1.54, 1.807) is 0 Å². The number of hydrogen-bond acceptors (Lipinski definition) is 0. The molecule has 0 atom stereocenters. The minimum atomic E-state index is -5.28. The van der Waals surface area contributed by atoms with Crippen LogP contribution in [0.4, 0.5) is 26.1 Å². The van der Waals surface area contributed by atoms with Crippen LogP contribution in [0, 0.1) is 0 Å². The molecule has 1 rings (SSSR count). The van der Waals surface area contributed by atoms with Crippen molar-refractivity contribution in [2.45, 2.75) is 12.5 Å². The van der Waals surface area contributed by atoms with Crippen LogP contribution in [0.25, 0.3) is 0 Å². The zero-order valence-corrected chi connectivity index (χ0v) is 13.4. The fourth-order valence-electron chi connectivity index (χ4n) is 1.24. The van der Waals surface area contributed by atoms with Gasteiger partial charge in [0.1, 0.15) is 0 Å². The van der Waals surface area contributed by atoms with Crippen molar-refractivity contribution < 1.29 is 77.5 Å². The van der Waals surface area contributed by atoms with E-state index < -0.39 is 30.6 Å². The van der Waals surface area contributed by atoms with Crippen molar-refractivity contribution in [3.05, 3.63) is 33.8 Å². The molecule has 17 heavy (non-hydrogen) atoms. The summed E-state index contributed by atoms with van der Waals surface area (Å²) in [6.45, 7) is -5.28. The van der Waals surface area contributed by atoms with Crippen molar-refractivity contribution >= 4 is 22.9 Å². The Morgan fingerprint density at radius 2 is 1.65 bits per heavy atom. The molecule has 0 aliphatic heterocycles. The topological polar surface area (TPSA) is 0 Å². The summed E-state index contributed by atoms with van der Waals surface area (Å²) in [5.41, 5.74) is -2.00. The maximum absolute atomic E-state index is 12.4. The zero-order valence-electron chi connectivity index (χ0n) is 8.66. The first kappa shape index (κ1) is 18.0. The molecule has 0 heterocycles. The Bertz CT molecular complexity index is 389. The Balaban J connectivity index is 0.00000256. The molecule has 0 saturated heterocycles. The summed E-state index contributed by atoms with van der Waals surface area (Å²) in [6, 6.07) is 2.64. The fourth-order valence-corrected chi connectivity index (χ4v) is 1.60. The number of rotatable bonds is 2. The van der Waals surface area contributed by atoms with Gasteiger partial charge in [0.05, 0.1) is 5.56 Å². The molecule has 0 aliphatic rings. The summed E-state index contributed by atoms with van der Waals surface area (Å²) in [4.78, 5) is 0. The first-order chi connectivity index (χ1) is 7.09. The van der Waals surface area contributed by atoms with Gasteiger partial charge in [-0.2, -0.15) is 13.2 Å². The van der Waals surface area contributed by atoms with Crippen LogP contribution in [0.3, 0.4) is 0 Å². The van der Waals surface area contributed by atoms with Crippen LogP contribution in [0.1, 0.15) is 11.1 Å². The second-order valence-corrected chi connectivity index (χ2v) is 4.13. The number of halogens is 7. The van der Waals surface area contributed by atoms with E-state index in [4.69, 9.17) is 0 Å². The van der Waals surface area contributed by atoms with Crippen molar-refractivity contribution in [1.82, 2.24) is 0 Å². The van der Waals surface area contributed by atoms with E-state index in [0.29, 0.717) is 6.07 Å². The predicted molar refractivity (Wildman–Crippen MR) is 51.9 cm³/mol. The van der Waals surface area contributed by atoms with E-state index in [-0.39, 0.29) is 55.9 Å². The van der Waals surface area contributed by atoms with Gasteiger partial charge in [-0.3, -0.25) is 0 Å². The summed E-state index contributed by atoms with van der Waals surface area (Å²) < 4.78 is 73.6. The van der Waals surface area contributed by atoms with Crippen LogP contribution >= 0.6 is 15.9 Å². The molecule has 0 unspecified atom stereocenters. The Kier molecular flexibility index (Phi) is 6.80. The van der Waals surface area contributed by atoms with Crippen molar-refractivity contribution in [2.24, 2.45) is 0 Å². The Morgan fingerprint density at radius 1 is 1.12 bits per heavy atom. The van der Waals surface area contributed by atoms with Crippen molar-refractivity contribution in [3.8, 4) is 0 Å². The molecule has 0 fully saturated rings. The Labute approximate surface area is 145 Å². The first-order valence-electron chi connectivity index (χ1n) is 4.16. The second kappa shape index (κ2) is 6.43. The van der Waals surface area contributed by atoms with Crippen molar-refractivity contribution in [2.75, 3.05) is 0 Å². The van der Waals surface area contributed by atoms with Gasteiger partial charge in [0.25, 0.3) is 0 Å². The molecule has 0 amide bonds. The van der Waals surface area contributed by atoms with Gasteiger partial charge in [-0.25, -0.2) is 0 Å². The molecule has 0 nitrogen and oxygen atoms in total. The summed E-state index contributed by atoms with van der Waals surface area (Å²) in [5, 5.41) is 0. The number of benzene rings is 1. The molecular formula is C8H5BBrF6K. The largest absolute Gasteiger partial charge is 1.00 e. The van der Waals surface area contributed by atoms with E-state index in [1.165, 1.54) is 0 Å². The van der Waals surface area contributed by atoms with E-state index in [9.17, 15) is 26.1 Å². The molecule has 9 heteroatoms. The van der Waals surface area contributed by atoms with Gasteiger partial charge in [-0.05, 0) is 12.1 Å². The van der Waals surface area contributed by atoms with Gasteiger partial charge < -0.3 is 12.9 Å². The van der Waals surface area contributed by atoms with Gasteiger partial charge in [-0.15, -0.1) is 0 Å². The summed E-state index contributed by atoms with van der Waals surface area (Å²) >= 11 is 2.79. The molecule has 0 aliphatic carbocycles. The Morgan fingerprint density at radius 3 is 2.06 bits per heavy atom. The zero-order chi connectivity index (χ0) is 12.6. The molecule has 0 aromatic heterocycles. The quantitative estimate of drug-likeness (QED) is 0.562. The molecule has 1 aromatic rings. The van der Waals surface area contributed by atoms with Gasteiger partial charge in [-0.1, -0.05) is 33.9 Å². The monoisotopic (exact) mass is 344 g/mol. The van der Waals surface area contributed by atoms with E-state index in [1.807, 2.05) is 0 Å². The SMILES string of the molecule is F[B-](F)(F)Cc1ccc(Br)cc1C(F)(F)F.[K+]. The average molecular weight is 345 g/mol. The van der Waals surface area contributed by atoms with Gasteiger partial charge in [0.2, 0.25) is 0 Å². The number of alkyl halides is 3. The van der Waals surface area contributed by atoms with E-state index in [0.717, 1.165) is 12.1 Å². The summed E-state index contributed by atoms with van der Waals surface area (Å²) in [7, 11) is 0. The maximum atomic E-state index is 12.4. The normalized spacial score (nSPS) is 12.2. The third-order valence-electron chi connectivity index (χ3n) is 1.83. The van der Waals surface area contributed by atoms with E-state index in [2.05, 4.69) is 15.9 Å². The standard InChI is InChI=1S/C8H5BBrF6.K/c10-6-2-1-5(4-9(14,15)16)7(3-6)8(11,12)13;/h1-3H,4H2;/q-1;+1. The van der Waals surface area contributed by atoms with Crippen molar-refractivity contribution in [1.29, 1.82) is 0 Å². The predicted octanol–water partition coefficient (Wildman–Crippen LogP) is 1.40. The van der Waals surface area contributed by atoms with Crippen molar-refractivity contribution in [3.63, 3.8) is 0 Å². The minimum absolute atomic E-state index is 0. The Hall–Kier alpha value is 0.981. The molecule has 0 N–H and O–H groups in total. The third kappa shape index (κ3) is 6.11. The van der Waals surface area contributed by atoms with Gasteiger partial charge in [0, 0.05) is 4.47 Å². The van der Waals surface area contributed by atoms with Crippen LogP contribution in [0.15, 0.2) is 22.7 Å². The van der Waals surface area contributed by atoms with Crippen LogP contribution in [-0.2, 0) is 12.5 Å². The maximum Gasteiger partial charge on any atom is 1.00 e. The van der Waals surface area contributed by atoms with Crippen LogP contribution in [0.2, 0.25) is 0 Å². The fraction of sp³-hybridized carbons (Fsp3) is 0.250. The molecule has 0 radical (unpaired) electrons. The smallest absolute Gasteiger partial charge is 0.449 e. The third-order valence-corrected chi connectivity index (χ3v) is 2.32. The molecular weight excluding hydrogens is 340 g/mol. The van der Waals surface area contributed by atoms with Crippen LogP contribution in [0.5, 0.6) is 0 Å². The summed E-state index contributed by atoms with van der Waals surface area (Å²) in [5.74, 6) is 0. The van der Waals surface area contributed by atoms with Crippen LogP contribution < -0.4 is 51.4 Å². The first-order valence-corrected chi connectivity index (χ1v) is 4.95. The number of hydrogen-bond donors (Lipinski definition) is 0. The van der Waals surface area contributed by atoms with Gasteiger partial charge >= 0.3 is 64.5 Å². The molecule has 1 aromatic carbocycles. The molecule has 0 spiro atoms. The molecule has 90 valence electrons.